The third-order valence-corrected chi connectivity index (χ3v) is 2.60. The number of hydrogen-bond donors (Lipinski definition) is 0. The zero-order chi connectivity index (χ0) is 10.7. The van der Waals surface area contributed by atoms with Crippen molar-refractivity contribution in [1.29, 1.82) is 0 Å². The van der Waals surface area contributed by atoms with Gasteiger partial charge in [-0.2, -0.15) is 0 Å². The molecule has 0 radical (unpaired) electrons. The van der Waals surface area contributed by atoms with Crippen molar-refractivity contribution in [1.82, 2.24) is 0 Å². The molecule has 1 aromatic rings. The first-order valence-corrected chi connectivity index (χ1v) is 4.88. The van der Waals surface area contributed by atoms with E-state index >= 15 is 0 Å². The summed E-state index contributed by atoms with van der Waals surface area (Å²) >= 11 is 5.72. The molecule has 0 unspecified atom stereocenters. The van der Waals surface area contributed by atoms with Gasteiger partial charge in [-0.15, -0.1) is 11.6 Å². The van der Waals surface area contributed by atoms with Gasteiger partial charge in [-0.3, -0.25) is 0 Å². The summed E-state index contributed by atoms with van der Waals surface area (Å²) in [6, 6.07) is 3.76. The van der Waals surface area contributed by atoms with Crippen molar-refractivity contribution in [2.75, 3.05) is 7.11 Å². The number of halogens is 1. The summed E-state index contributed by atoms with van der Waals surface area (Å²) in [6.07, 6.45) is 0. The zero-order valence-electron chi connectivity index (χ0n) is 8.56. The number of aryl methyl sites for hydroxylation is 1. The number of carbonyl (C=O) groups excluding carboxylic acids is 1. The zero-order valence-corrected chi connectivity index (χ0v) is 9.31. The Morgan fingerprint density at radius 3 is 2.57 bits per heavy atom. The van der Waals surface area contributed by atoms with Gasteiger partial charge >= 0.3 is 5.97 Å². The molecule has 3 heteroatoms. The van der Waals surface area contributed by atoms with Crippen molar-refractivity contribution in [3.8, 4) is 0 Å². The van der Waals surface area contributed by atoms with Gasteiger partial charge in [-0.25, -0.2) is 4.79 Å². The maximum atomic E-state index is 11.4. The molecule has 1 rings (SSSR count). The molecule has 0 atom stereocenters. The van der Waals surface area contributed by atoms with E-state index in [1.807, 2.05) is 19.9 Å². The average Bonchev–Trinajstić information content (AvgIpc) is 2.20. The minimum atomic E-state index is -0.308. The van der Waals surface area contributed by atoms with Gasteiger partial charge in [0.05, 0.1) is 12.7 Å². The molecule has 0 amide bonds. The molecule has 0 spiro atoms. The van der Waals surface area contributed by atoms with E-state index < -0.39 is 0 Å². The summed E-state index contributed by atoms with van der Waals surface area (Å²) in [7, 11) is 1.38. The van der Waals surface area contributed by atoms with Gasteiger partial charge in [0, 0.05) is 5.88 Å². The second-order valence-electron chi connectivity index (χ2n) is 3.21. The van der Waals surface area contributed by atoms with Crippen LogP contribution in [-0.4, -0.2) is 13.1 Å². The van der Waals surface area contributed by atoms with Gasteiger partial charge in [0.1, 0.15) is 0 Å². The smallest absolute Gasteiger partial charge is 0.338 e. The Morgan fingerprint density at radius 2 is 2.07 bits per heavy atom. The van der Waals surface area contributed by atoms with Crippen molar-refractivity contribution in [2.45, 2.75) is 19.7 Å². The lowest BCUT2D eigenvalue weighted by atomic mass is 10.0. The topological polar surface area (TPSA) is 26.3 Å². The van der Waals surface area contributed by atoms with Gasteiger partial charge < -0.3 is 4.74 Å². The van der Waals surface area contributed by atoms with Crippen molar-refractivity contribution in [3.05, 3.63) is 34.4 Å². The standard InChI is InChI=1S/C11H13ClO2/c1-7-4-9(6-12)5-10(8(7)2)11(13)14-3/h4-5H,6H2,1-3H3. The van der Waals surface area contributed by atoms with Crippen LogP contribution in [0.2, 0.25) is 0 Å². The number of ether oxygens (including phenoxy) is 1. The lowest BCUT2D eigenvalue weighted by Crippen LogP contribution is -2.05. The molecule has 0 aliphatic rings. The highest BCUT2D eigenvalue weighted by molar-refractivity contribution is 6.17. The summed E-state index contributed by atoms with van der Waals surface area (Å²) in [4.78, 5) is 11.4. The van der Waals surface area contributed by atoms with Gasteiger partial charge in [-0.05, 0) is 36.6 Å². The molecule has 0 bridgehead atoms. The molecule has 2 nitrogen and oxygen atoms in total. The first-order valence-electron chi connectivity index (χ1n) is 4.34. The van der Waals surface area contributed by atoms with E-state index in [0.29, 0.717) is 11.4 Å². The van der Waals surface area contributed by atoms with Gasteiger partial charge in [0.25, 0.3) is 0 Å². The van der Waals surface area contributed by atoms with Gasteiger partial charge in [0.15, 0.2) is 0 Å². The number of carbonyl (C=O) groups is 1. The van der Waals surface area contributed by atoms with E-state index in [2.05, 4.69) is 4.74 Å². The fourth-order valence-corrected chi connectivity index (χ4v) is 1.49. The Morgan fingerprint density at radius 1 is 1.43 bits per heavy atom. The molecule has 14 heavy (non-hydrogen) atoms. The molecular formula is C11H13ClO2. The Kier molecular flexibility index (Phi) is 3.53. The minimum Gasteiger partial charge on any atom is -0.465 e. The van der Waals surface area contributed by atoms with E-state index in [4.69, 9.17) is 11.6 Å². The molecule has 0 aromatic heterocycles. The van der Waals surface area contributed by atoms with Crippen LogP contribution < -0.4 is 0 Å². The normalized spacial score (nSPS) is 10.0. The highest BCUT2D eigenvalue weighted by atomic mass is 35.5. The largest absolute Gasteiger partial charge is 0.465 e. The fraction of sp³-hybridized carbons (Fsp3) is 0.364. The second kappa shape index (κ2) is 4.47. The lowest BCUT2D eigenvalue weighted by molar-refractivity contribution is 0.0599. The molecule has 0 heterocycles. The van der Waals surface area contributed by atoms with Crippen LogP contribution in [0.5, 0.6) is 0 Å². The third kappa shape index (κ3) is 2.07. The Bertz CT molecular complexity index is 359. The molecule has 0 saturated carbocycles. The Hall–Kier alpha value is -1.02. The summed E-state index contributed by atoms with van der Waals surface area (Å²) < 4.78 is 4.69. The first kappa shape index (κ1) is 11.1. The van der Waals surface area contributed by atoms with E-state index in [-0.39, 0.29) is 5.97 Å². The molecule has 76 valence electrons. The van der Waals surface area contributed by atoms with Crippen LogP contribution in [0.15, 0.2) is 12.1 Å². The predicted octanol–water partition coefficient (Wildman–Crippen LogP) is 2.83. The maximum Gasteiger partial charge on any atom is 0.338 e. The van der Waals surface area contributed by atoms with E-state index in [0.717, 1.165) is 16.7 Å². The minimum absolute atomic E-state index is 0.308. The van der Waals surface area contributed by atoms with Crippen molar-refractivity contribution in [3.63, 3.8) is 0 Å². The van der Waals surface area contributed by atoms with E-state index in [1.165, 1.54) is 7.11 Å². The lowest BCUT2D eigenvalue weighted by Gasteiger charge is -2.08. The second-order valence-corrected chi connectivity index (χ2v) is 3.48. The van der Waals surface area contributed by atoms with Crippen LogP contribution in [0.25, 0.3) is 0 Å². The summed E-state index contributed by atoms with van der Waals surface area (Å²) in [5, 5.41) is 0. The monoisotopic (exact) mass is 212 g/mol. The highest BCUT2D eigenvalue weighted by Crippen LogP contribution is 2.18. The number of alkyl halides is 1. The fourth-order valence-electron chi connectivity index (χ4n) is 1.33. The van der Waals surface area contributed by atoms with Crippen LogP contribution in [0, 0.1) is 13.8 Å². The molecule has 1 aromatic carbocycles. The molecule has 0 N–H and O–H groups in total. The van der Waals surface area contributed by atoms with Gasteiger partial charge in [0.2, 0.25) is 0 Å². The van der Waals surface area contributed by atoms with Crippen LogP contribution in [0.3, 0.4) is 0 Å². The van der Waals surface area contributed by atoms with E-state index in [1.54, 1.807) is 6.07 Å². The summed E-state index contributed by atoms with van der Waals surface area (Å²) in [5.41, 5.74) is 3.55. The highest BCUT2D eigenvalue weighted by Gasteiger charge is 2.11. The van der Waals surface area contributed by atoms with Crippen molar-refractivity contribution >= 4 is 17.6 Å². The number of methoxy groups -OCH3 is 1. The maximum absolute atomic E-state index is 11.4. The predicted molar refractivity (Wildman–Crippen MR) is 56.8 cm³/mol. The van der Waals surface area contributed by atoms with E-state index in [9.17, 15) is 4.79 Å². The molecular weight excluding hydrogens is 200 g/mol. The van der Waals surface area contributed by atoms with Crippen LogP contribution in [-0.2, 0) is 10.6 Å². The molecule has 0 fully saturated rings. The average molecular weight is 213 g/mol. The molecule has 0 aliphatic carbocycles. The Labute approximate surface area is 88.8 Å². The Balaban J connectivity index is 3.27. The van der Waals surface area contributed by atoms with Crippen molar-refractivity contribution < 1.29 is 9.53 Å². The third-order valence-electron chi connectivity index (χ3n) is 2.29. The first-order chi connectivity index (χ1) is 6.60. The van der Waals surface area contributed by atoms with Crippen molar-refractivity contribution in [2.24, 2.45) is 0 Å². The van der Waals surface area contributed by atoms with Gasteiger partial charge in [-0.1, -0.05) is 6.07 Å². The van der Waals surface area contributed by atoms with Crippen LogP contribution in [0.4, 0.5) is 0 Å². The number of hydrogen-bond acceptors (Lipinski definition) is 2. The SMILES string of the molecule is COC(=O)c1cc(CCl)cc(C)c1C. The molecule has 0 saturated heterocycles. The summed E-state index contributed by atoms with van der Waals surface area (Å²) in [5.74, 6) is 0.100. The quantitative estimate of drug-likeness (QED) is 0.557. The number of esters is 1. The number of rotatable bonds is 2. The van der Waals surface area contributed by atoms with Crippen LogP contribution >= 0.6 is 11.6 Å². The van der Waals surface area contributed by atoms with Crippen LogP contribution in [0.1, 0.15) is 27.0 Å². The summed E-state index contributed by atoms with van der Waals surface area (Å²) in [6.45, 7) is 3.86. The number of benzene rings is 1. The molecule has 0 aliphatic heterocycles.